The van der Waals surface area contributed by atoms with Gasteiger partial charge >= 0.3 is 0 Å². The average molecular weight is 286 g/mol. The largest absolute Gasteiger partial charge is 0.373 e. The molecule has 0 amide bonds. The van der Waals surface area contributed by atoms with Gasteiger partial charge in [0.25, 0.3) is 0 Å². The van der Waals surface area contributed by atoms with E-state index in [4.69, 9.17) is 0 Å². The van der Waals surface area contributed by atoms with Crippen molar-refractivity contribution < 1.29 is 4.39 Å². The van der Waals surface area contributed by atoms with Gasteiger partial charge in [0.05, 0.1) is 6.04 Å². The third kappa shape index (κ3) is 4.05. The number of halogens is 1. The summed E-state index contributed by atoms with van der Waals surface area (Å²) in [5.74, 6) is -0.152. The van der Waals surface area contributed by atoms with Crippen LogP contribution in [0.5, 0.6) is 0 Å². The van der Waals surface area contributed by atoms with Gasteiger partial charge in [-0.25, -0.2) is 4.39 Å². The number of nitrogens with one attached hydrogen (secondary N) is 1. The molecule has 21 heavy (non-hydrogen) atoms. The van der Waals surface area contributed by atoms with Crippen LogP contribution in [0.4, 0.5) is 10.1 Å². The van der Waals surface area contributed by atoms with Gasteiger partial charge in [0.1, 0.15) is 5.82 Å². The van der Waals surface area contributed by atoms with Gasteiger partial charge in [-0.2, -0.15) is 0 Å². The predicted molar refractivity (Wildman–Crippen MR) is 87.3 cm³/mol. The lowest BCUT2D eigenvalue weighted by Crippen LogP contribution is -2.33. The molecule has 3 heteroatoms. The minimum absolute atomic E-state index is 0.0255. The molecule has 0 bridgehead atoms. The SMILES string of the molecule is CCNC(CN(C)c1ccc(C)cc1)c1ccccc1F. The molecule has 0 aliphatic heterocycles. The lowest BCUT2D eigenvalue weighted by atomic mass is 10.1. The third-order valence-electron chi connectivity index (χ3n) is 3.66. The van der Waals surface area contributed by atoms with Crippen LogP contribution in [0, 0.1) is 12.7 Å². The molecule has 0 saturated heterocycles. The highest BCUT2D eigenvalue weighted by molar-refractivity contribution is 5.47. The first-order chi connectivity index (χ1) is 10.1. The molecule has 0 aromatic heterocycles. The van der Waals surface area contributed by atoms with Crippen LogP contribution in [-0.2, 0) is 0 Å². The fourth-order valence-corrected chi connectivity index (χ4v) is 2.46. The average Bonchev–Trinajstić information content (AvgIpc) is 2.48. The summed E-state index contributed by atoms with van der Waals surface area (Å²) in [6, 6.07) is 15.3. The second-order valence-electron chi connectivity index (χ2n) is 5.35. The lowest BCUT2D eigenvalue weighted by Gasteiger charge is -2.27. The Kier molecular flexibility index (Phi) is 5.34. The minimum Gasteiger partial charge on any atom is -0.373 e. The molecular formula is C18H23FN2. The van der Waals surface area contributed by atoms with Crippen LogP contribution in [-0.4, -0.2) is 20.1 Å². The molecule has 1 unspecified atom stereocenters. The van der Waals surface area contributed by atoms with Crippen molar-refractivity contribution in [2.24, 2.45) is 0 Å². The Morgan fingerprint density at radius 2 is 1.76 bits per heavy atom. The quantitative estimate of drug-likeness (QED) is 0.866. The number of aryl methyl sites for hydroxylation is 1. The van der Waals surface area contributed by atoms with Gasteiger partial charge in [-0.05, 0) is 31.7 Å². The second kappa shape index (κ2) is 7.23. The van der Waals surface area contributed by atoms with E-state index in [1.807, 2.05) is 26.1 Å². The van der Waals surface area contributed by atoms with Crippen molar-refractivity contribution in [2.45, 2.75) is 19.9 Å². The zero-order valence-corrected chi connectivity index (χ0v) is 12.9. The first-order valence-electron chi connectivity index (χ1n) is 7.37. The fraction of sp³-hybridized carbons (Fsp3) is 0.333. The normalized spacial score (nSPS) is 12.2. The number of rotatable bonds is 6. The van der Waals surface area contributed by atoms with Gasteiger partial charge in [0, 0.05) is 24.8 Å². The van der Waals surface area contributed by atoms with Crippen molar-refractivity contribution in [1.82, 2.24) is 5.32 Å². The second-order valence-corrected chi connectivity index (χ2v) is 5.35. The van der Waals surface area contributed by atoms with Gasteiger partial charge < -0.3 is 10.2 Å². The molecule has 112 valence electrons. The summed E-state index contributed by atoms with van der Waals surface area (Å²) in [6.45, 7) is 5.64. The molecule has 0 spiro atoms. The number of hydrogen-bond acceptors (Lipinski definition) is 2. The van der Waals surface area contributed by atoms with Crippen molar-refractivity contribution in [3.63, 3.8) is 0 Å². The summed E-state index contributed by atoms with van der Waals surface area (Å²) in [5.41, 5.74) is 3.10. The van der Waals surface area contributed by atoms with Crippen LogP contribution >= 0.6 is 0 Å². The zero-order chi connectivity index (χ0) is 15.2. The zero-order valence-electron chi connectivity index (χ0n) is 12.9. The van der Waals surface area contributed by atoms with E-state index < -0.39 is 0 Å². The number of nitrogens with zero attached hydrogens (tertiary/aromatic N) is 1. The summed E-state index contributed by atoms with van der Waals surface area (Å²) in [6.07, 6.45) is 0. The molecule has 0 saturated carbocycles. The summed E-state index contributed by atoms with van der Waals surface area (Å²) in [5, 5.41) is 3.37. The van der Waals surface area contributed by atoms with E-state index in [1.54, 1.807) is 6.07 Å². The summed E-state index contributed by atoms with van der Waals surface area (Å²) in [4.78, 5) is 2.15. The fourth-order valence-electron chi connectivity index (χ4n) is 2.46. The molecule has 0 radical (unpaired) electrons. The lowest BCUT2D eigenvalue weighted by molar-refractivity contribution is 0.511. The van der Waals surface area contributed by atoms with E-state index in [0.717, 1.165) is 24.3 Å². The predicted octanol–water partition coefficient (Wildman–Crippen LogP) is 3.92. The van der Waals surface area contributed by atoms with Crippen molar-refractivity contribution in [3.05, 3.63) is 65.5 Å². The van der Waals surface area contributed by atoms with Crippen LogP contribution < -0.4 is 10.2 Å². The molecule has 1 atom stereocenters. The number of benzene rings is 2. The van der Waals surface area contributed by atoms with Crippen molar-refractivity contribution >= 4 is 5.69 Å². The molecule has 2 rings (SSSR count). The van der Waals surface area contributed by atoms with Gasteiger partial charge in [-0.15, -0.1) is 0 Å². The number of anilines is 1. The maximum atomic E-state index is 14.0. The molecule has 0 aliphatic carbocycles. The molecule has 0 fully saturated rings. The maximum absolute atomic E-state index is 14.0. The van der Waals surface area contributed by atoms with Crippen LogP contribution in [0.2, 0.25) is 0 Å². The topological polar surface area (TPSA) is 15.3 Å². The van der Waals surface area contributed by atoms with E-state index in [9.17, 15) is 4.39 Å². The Balaban J connectivity index is 2.16. The first kappa shape index (κ1) is 15.5. The summed E-state index contributed by atoms with van der Waals surface area (Å²) in [7, 11) is 2.04. The maximum Gasteiger partial charge on any atom is 0.128 e. The monoisotopic (exact) mass is 286 g/mol. The van der Waals surface area contributed by atoms with Crippen LogP contribution in [0.3, 0.4) is 0 Å². The van der Waals surface area contributed by atoms with E-state index >= 15 is 0 Å². The standard InChI is InChI=1S/C18H23FN2/c1-4-20-18(16-7-5-6-8-17(16)19)13-21(3)15-11-9-14(2)10-12-15/h5-12,18,20H,4,13H2,1-3H3. The Labute approximate surface area is 126 Å². The van der Waals surface area contributed by atoms with E-state index in [-0.39, 0.29) is 11.9 Å². The molecule has 1 N–H and O–H groups in total. The van der Waals surface area contributed by atoms with Crippen molar-refractivity contribution in [3.8, 4) is 0 Å². The minimum atomic E-state index is -0.152. The number of likely N-dealkylation sites (N-methyl/N-ethyl adjacent to an activating group) is 2. The van der Waals surface area contributed by atoms with Crippen molar-refractivity contribution in [2.75, 3.05) is 25.0 Å². The Morgan fingerprint density at radius 1 is 1.10 bits per heavy atom. The van der Waals surface area contributed by atoms with Gasteiger partial charge in [0.15, 0.2) is 0 Å². The van der Waals surface area contributed by atoms with Gasteiger partial charge in [-0.3, -0.25) is 0 Å². The Bertz CT molecular complexity index is 566. The third-order valence-corrected chi connectivity index (χ3v) is 3.66. The molecular weight excluding hydrogens is 263 g/mol. The van der Waals surface area contributed by atoms with E-state index in [1.165, 1.54) is 11.6 Å². The summed E-state index contributed by atoms with van der Waals surface area (Å²) >= 11 is 0. The van der Waals surface area contributed by atoms with E-state index in [0.29, 0.717) is 0 Å². The van der Waals surface area contributed by atoms with Crippen molar-refractivity contribution in [1.29, 1.82) is 0 Å². The highest BCUT2D eigenvalue weighted by Gasteiger charge is 2.16. The highest BCUT2D eigenvalue weighted by Crippen LogP contribution is 2.21. The molecule has 2 aromatic carbocycles. The molecule has 0 aliphatic rings. The smallest absolute Gasteiger partial charge is 0.128 e. The van der Waals surface area contributed by atoms with Gasteiger partial charge in [-0.1, -0.05) is 42.8 Å². The Morgan fingerprint density at radius 3 is 2.38 bits per heavy atom. The van der Waals surface area contributed by atoms with Crippen LogP contribution in [0.15, 0.2) is 48.5 Å². The van der Waals surface area contributed by atoms with Gasteiger partial charge in [0.2, 0.25) is 0 Å². The summed E-state index contributed by atoms with van der Waals surface area (Å²) < 4.78 is 14.0. The molecule has 0 heterocycles. The first-order valence-corrected chi connectivity index (χ1v) is 7.37. The van der Waals surface area contributed by atoms with E-state index in [2.05, 4.69) is 41.4 Å². The number of hydrogen-bond donors (Lipinski definition) is 1. The van der Waals surface area contributed by atoms with Crippen LogP contribution in [0.1, 0.15) is 24.1 Å². The highest BCUT2D eigenvalue weighted by atomic mass is 19.1. The van der Waals surface area contributed by atoms with Crippen LogP contribution in [0.25, 0.3) is 0 Å². The molecule has 2 aromatic rings. The molecule has 2 nitrogen and oxygen atoms in total. The Hall–Kier alpha value is -1.87.